The quantitative estimate of drug-likeness (QED) is 0.859. The van der Waals surface area contributed by atoms with Crippen LogP contribution >= 0.6 is 0 Å². The van der Waals surface area contributed by atoms with Crippen molar-refractivity contribution in [1.29, 1.82) is 0 Å². The van der Waals surface area contributed by atoms with E-state index in [-0.39, 0.29) is 5.41 Å². The van der Waals surface area contributed by atoms with Crippen LogP contribution in [0.5, 0.6) is 0 Å². The van der Waals surface area contributed by atoms with Crippen LogP contribution in [-0.2, 0) is 12.0 Å². The first-order valence-electron chi connectivity index (χ1n) is 7.70. The van der Waals surface area contributed by atoms with Gasteiger partial charge in [-0.05, 0) is 24.1 Å². The van der Waals surface area contributed by atoms with Gasteiger partial charge >= 0.3 is 0 Å². The third-order valence-corrected chi connectivity index (χ3v) is 3.30. The molecular weight excluding hydrogens is 246 g/mol. The van der Waals surface area contributed by atoms with Crippen LogP contribution in [0, 0.1) is 0 Å². The summed E-state index contributed by atoms with van der Waals surface area (Å²) in [5, 5.41) is 3.49. The van der Waals surface area contributed by atoms with Crippen molar-refractivity contribution in [2.45, 2.75) is 66.0 Å². The molecule has 114 valence electrons. The van der Waals surface area contributed by atoms with Crippen LogP contribution in [0.2, 0.25) is 0 Å². The smallest absolute Gasteiger partial charge is 0.128 e. The maximum Gasteiger partial charge on any atom is 0.128 e. The van der Waals surface area contributed by atoms with Crippen molar-refractivity contribution in [3.05, 3.63) is 23.4 Å². The van der Waals surface area contributed by atoms with Crippen LogP contribution in [0.1, 0.15) is 59.2 Å². The van der Waals surface area contributed by atoms with Crippen molar-refractivity contribution < 1.29 is 0 Å². The van der Waals surface area contributed by atoms with E-state index in [9.17, 15) is 0 Å². The summed E-state index contributed by atoms with van der Waals surface area (Å²) in [6, 6.07) is 4.94. The van der Waals surface area contributed by atoms with Crippen LogP contribution in [0.15, 0.2) is 12.1 Å². The molecule has 0 aliphatic heterocycles. The Morgan fingerprint density at radius 2 is 1.90 bits per heavy atom. The van der Waals surface area contributed by atoms with Gasteiger partial charge in [-0.15, -0.1) is 0 Å². The fourth-order valence-electron chi connectivity index (χ4n) is 2.02. The molecule has 0 spiro atoms. The molecule has 3 heteroatoms. The molecule has 20 heavy (non-hydrogen) atoms. The van der Waals surface area contributed by atoms with Crippen LogP contribution < -0.4 is 10.2 Å². The van der Waals surface area contributed by atoms with E-state index in [0.29, 0.717) is 6.04 Å². The number of hydrogen-bond donors (Lipinski definition) is 1. The molecule has 1 N–H and O–H groups in total. The first-order valence-corrected chi connectivity index (χ1v) is 7.70. The molecule has 0 aliphatic carbocycles. The number of nitrogens with zero attached hydrogens (tertiary/aromatic N) is 2. The first kappa shape index (κ1) is 17.0. The SMILES string of the molecule is CCCN(C)c1cc(CNC(C)C)cc(C(C)(C)C)n1. The lowest BCUT2D eigenvalue weighted by Crippen LogP contribution is -2.25. The van der Waals surface area contributed by atoms with Gasteiger partial charge in [0, 0.05) is 37.3 Å². The molecule has 0 fully saturated rings. The van der Waals surface area contributed by atoms with Crippen molar-refractivity contribution in [1.82, 2.24) is 10.3 Å². The Labute approximate surface area is 124 Å². The Bertz CT molecular complexity index is 419. The summed E-state index contributed by atoms with van der Waals surface area (Å²) in [7, 11) is 2.12. The summed E-state index contributed by atoms with van der Waals surface area (Å²) >= 11 is 0. The molecule has 1 rings (SSSR count). The summed E-state index contributed by atoms with van der Waals surface area (Å²) in [5.41, 5.74) is 2.56. The van der Waals surface area contributed by atoms with Crippen LogP contribution in [0.4, 0.5) is 5.82 Å². The number of nitrogens with one attached hydrogen (secondary N) is 1. The minimum Gasteiger partial charge on any atom is -0.360 e. The van der Waals surface area contributed by atoms with Crippen molar-refractivity contribution in [3.63, 3.8) is 0 Å². The van der Waals surface area contributed by atoms with E-state index >= 15 is 0 Å². The van der Waals surface area contributed by atoms with Crippen molar-refractivity contribution >= 4 is 5.82 Å². The van der Waals surface area contributed by atoms with Gasteiger partial charge in [0.25, 0.3) is 0 Å². The summed E-state index contributed by atoms with van der Waals surface area (Å²) in [6.45, 7) is 15.2. The normalized spacial score (nSPS) is 12.0. The molecule has 1 heterocycles. The lowest BCUT2D eigenvalue weighted by atomic mass is 9.90. The molecule has 0 bridgehead atoms. The van der Waals surface area contributed by atoms with Crippen molar-refractivity contribution in [2.24, 2.45) is 0 Å². The molecule has 0 saturated carbocycles. The minimum atomic E-state index is 0.0790. The predicted octanol–water partition coefficient (Wildman–Crippen LogP) is 3.72. The summed E-state index contributed by atoms with van der Waals surface area (Å²) < 4.78 is 0. The van der Waals surface area contributed by atoms with E-state index in [1.165, 1.54) is 11.3 Å². The van der Waals surface area contributed by atoms with Crippen LogP contribution in [0.3, 0.4) is 0 Å². The summed E-state index contributed by atoms with van der Waals surface area (Å²) in [6.07, 6.45) is 1.14. The Morgan fingerprint density at radius 1 is 1.25 bits per heavy atom. The van der Waals surface area contributed by atoms with Gasteiger partial charge in [0.2, 0.25) is 0 Å². The molecule has 0 aromatic carbocycles. The number of anilines is 1. The van der Waals surface area contributed by atoms with Gasteiger partial charge in [-0.1, -0.05) is 41.5 Å². The maximum atomic E-state index is 4.85. The highest BCUT2D eigenvalue weighted by molar-refractivity contribution is 5.43. The topological polar surface area (TPSA) is 28.2 Å². The largest absolute Gasteiger partial charge is 0.360 e. The number of rotatable bonds is 6. The van der Waals surface area contributed by atoms with E-state index in [4.69, 9.17) is 4.98 Å². The highest BCUT2D eigenvalue weighted by Crippen LogP contribution is 2.24. The van der Waals surface area contributed by atoms with Crippen LogP contribution in [-0.4, -0.2) is 24.6 Å². The second-order valence-corrected chi connectivity index (χ2v) is 6.93. The standard InChI is InChI=1S/C17H31N3/c1-8-9-20(7)16-11-14(12-18-13(2)3)10-15(19-16)17(4,5)6/h10-11,13,18H,8-9,12H2,1-7H3. The van der Waals surface area contributed by atoms with E-state index in [0.717, 1.165) is 25.3 Å². The fourth-order valence-corrected chi connectivity index (χ4v) is 2.02. The Kier molecular flexibility index (Phi) is 6.00. The molecule has 0 atom stereocenters. The van der Waals surface area contributed by atoms with Gasteiger partial charge in [0.05, 0.1) is 0 Å². The lowest BCUT2D eigenvalue weighted by molar-refractivity contribution is 0.560. The average Bonchev–Trinajstić information content (AvgIpc) is 2.35. The molecule has 1 aromatic heterocycles. The maximum absolute atomic E-state index is 4.85. The number of hydrogen-bond acceptors (Lipinski definition) is 3. The van der Waals surface area contributed by atoms with Crippen molar-refractivity contribution in [3.8, 4) is 0 Å². The average molecular weight is 277 g/mol. The zero-order chi connectivity index (χ0) is 15.3. The van der Waals surface area contributed by atoms with E-state index in [1.54, 1.807) is 0 Å². The number of pyridine rings is 1. The Balaban J connectivity index is 3.07. The Hall–Kier alpha value is -1.09. The molecule has 0 radical (unpaired) electrons. The summed E-state index contributed by atoms with van der Waals surface area (Å²) in [5.74, 6) is 1.08. The third kappa shape index (κ3) is 5.12. The van der Waals surface area contributed by atoms with Crippen molar-refractivity contribution in [2.75, 3.05) is 18.5 Å². The van der Waals surface area contributed by atoms with Gasteiger partial charge in [-0.2, -0.15) is 0 Å². The molecule has 0 aliphatic rings. The predicted molar refractivity (Wildman–Crippen MR) is 88.5 cm³/mol. The summed E-state index contributed by atoms with van der Waals surface area (Å²) in [4.78, 5) is 7.09. The molecule has 0 saturated heterocycles. The van der Waals surface area contributed by atoms with Gasteiger partial charge in [-0.25, -0.2) is 4.98 Å². The number of aromatic nitrogens is 1. The molecule has 0 amide bonds. The molecule has 0 unspecified atom stereocenters. The first-order chi connectivity index (χ1) is 9.24. The minimum absolute atomic E-state index is 0.0790. The molecule has 1 aromatic rings. The second kappa shape index (κ2) is 7.07. The highest BCUT2D eigenvalue weighted by atomic mass is 15.2. The zero-order valence-corrected chi connectivity index (χ0v) is 14.2. The third-order valence-electron chi connectivity index (χ3n) is 3.30. The second-order valence-electron chi connectivity index (χ2n) is 6.93. The van der Waals surface area contributed by atoms with Gasteiger partial charge in [0.1, 0.15) is 5.82 Å². The lowest BCUT2D eigenvalue weighted by Gasteiger charge is -2.24. The zero-order valence-electron chi connectivity index (χ0n) is 14.2. The molecule has 3 nitrogen and oxygen atoms in total. The fraction of sp³-hybridized carbons (Fsp3) is 0.706. The Morgan fingerprint density at radius 3 is 2.40 bits per heavy atom. The van der Waals surface area contributed by atoms with Gasteiger partial charge < -0.3 is 10.2 Å². The van der Waals surface area contributed by atoms with Crippen LogP contribution in [0.25, 0.3) is 0 Å². The monoisotopic (exact) mass is 277 g/mol. The van der Waals surface area contributed by atoms with Gasteiger partial charge in [0.15, 0.2) is 0 Å². The highest BCUT2D eigenvalue weighted by Gasteiger charge is 2.18. The van der Waals surface area contributed by atoms with E-state index in [1.807, 2.05) is 0 Å². The molecular formula is C17H31N3. The van der Waals surface area contributed by atoms with E-state index in [2.05, 4.69) is 70.9 Å². The van der Waals surface area contributed by atoms with Gasteiger partial charge in [-0.3, -0.25) is 0 Å². The van der Waals surface area contributed by atoms with E-state index < -0.39 is 0 Å².